The Morgan fingerprint density at radius 2 is 1.81 bits per heavy atom. The van der Waals surface area contributed by atoms with E-state index in [0.29, 0.717) is 22.5 Å². The summed E-state index contributed by atoms with van der Waals surface area (Å²) < 4.78 is 20.1. The Bertz CT molecular complexity index is 1340. The molecule has 186 valence electrons. The van der Waals surface area contributed by atoms with Crippen LogP contribution in [-0.4, -0.2) is 52.8 Å². The van der Waals surface area contributed by atoms with Gasteiger partial charge in [-0.2, -0.15) is 0 Å². The highest BCUT2D eigenvalue weighted by Gasteiger charge is 2.57. The van der Waals surface area contributed by atoms with Gasteiger partial charge in [-0.3, -0.25) is 14.4 Å². The molecule has 2 amide bonds. The molecule has 1 aromatic heterocycles. The van der Waals surface area contributed by atoms with Crippen molar-refractivity contribution < 1.29 is 23.8 Å². The molecular weight excluding hydrogens is 465 g/mol. The zero-order chi connectivity index (χ0) is 25.4. The van der Waals surface area contributed by atoms with Gasteiger partial charge in [0.15, 0.2) is 0 Å². The maximum Gasteiger partial charge on any atom is 0.258 e. The number of anilines is 1. The van der Waals surface area contributed by atoms with E-state index in [9.17, 15) is 23.9 Å². The Hall–Kier alpha value is -3.82. The molecule has 2 aromatic carbocycles. The summed E-state index contributed by atoms with van der Waals surface area (Å²) in [4.78, 5) is 41.6. The van der Waals surface area contributed by atoms with Gasteiger partial charge in [-0.1, -0.05) is 30.3 Å². The van der Waals surface area contributed by atoms with Gasteiger partial charge in [-0.25, -0.2) is 4.39 Å². The van der Waals surface area contributed by atoms with Crippen LogP contribution in [0, 0.1) is 17.7 Å². The second-order valence-corrected chi connectivity index (χ2v) is 9.08. The summed E-state index contributed by atoms with van der Waals surface area (Å²) in [5.74, 6) is -2.14. The van der Waals surface area contributed by atoms with Crippen molar-refractivity contribution in [3.8, 4) is 11.1 Å². The number of para-hydroxylation sites is 1. The number of aliphatic hydroxyl groups is 1. The molecule has 2 N–H and O–H groups in total. The summed E-state index contributed by atoms with van der Waals surface area (Å²) in [7, 11) is 1.40. The van der Waals surface area contributed by atoms with Crippen LogP contribution in [0.5, 0.6) is 0 Å². The molecule has 5 rings (SSSR count). The van der Waals surface area contributed by atoms with Gasteiger partial charge in [0, 0.05) is 49.0 Å². The number of aliphatic hydroxyl groups excluding tert-OH is 1. The normalized spacial score (nSPS) is 22.2. The number of methoxy groups -OCH3 is 1. The number of benzene rings is 2. The van der Waals surface area contributed by atoms with Crippen molar-refractivity contribution in [2.24, 2.45) is 11.8 Å². The minimum Gasteiger partial charge on any atom is -0.396 e. The number of carbonyl (C=O) groups excluding carboxylic acids is 2. The van der Waals surface area contributed by atoms with Crippen LogP contribution < -0.4 is 10.9 Å². The van der Waals surface area contributed by atoms with Crippen molar-refractivity contribution in [3.05, 3.63) is 88.6 Å². The molecule has 0 unspecified atom stereocenters. The Morgan fingerprint density at radius 1 is 1.08 bits per heavy atom. The molecular formula is C27H26FN3O5. The van der Waals surface area contributed by atoms with Crippen LogP contribution in [0.25, 0.3) is 11.1 Å². The van der Waals surface area contributed by atoms with Gasteiger partial charge in [-0.15, -0.1) is 0 Å². The smallest absolute Gasteiger partial charge is 0.258 e. The zero-order valence-corrected chi connectivity index (χ0v) is 19.6. The van der Waals surface area contributed by atoms with E-state index in [1.54, 1.807) is 53.1 Å². The first-order chi connectivity index (χ1) is 17.4. The largest absolute Gasteiger partial charge is 0.396 e. The number of aromatic nitrogens is 1. The average Bonchev–Trinajstić information content (AvgIpc) is 3.41. The molecule has 36 heavy (non-hydrogen) atoms. The summed E-state index contributed by atoms with van der Waals surface area (Å²) in [5.41, 5.74) is 1.90. The molecule has 0 spiro atoms. The lowest BCUT2D eigenvalue weighted by Crippen LogP contribution is -2.49. The average molecular weight is 492 g/mol. The quantitative estimate of drug-likeness (QED) is 0.552. The van der Waals surface area contributed by atoms with Crippen molar-refractivity contribution in [2.75, 3.05) is 25.6 Å². The molecule has 1 fully saturated rings. The van der Waals surface area contributed by atoms with Crippen LogP contribution in [0.1, 0.15) is 11.7 Å². The van der Waals surface area contributed by atoms with Crippen LogP contribution in [0.3, 0.4) is 0 Å². The van der Waals surface area contributed by atoms with Gasteiger partial charge < -0.3 is 24.6 Å². The van der Waals surface area contributed by atoms with Gasteiger partial charge in [0.1, 0.15) is 18.5 Å². The SMILES string of the molecule is COCC(=O)N1[C@@H]2c3ccc(-c4ccc(F)cc4)c(=O)n3C[C@@H]2[C@@H](CO)[C@@H]1C(=O)Nc1ccccc1. The zero-order valence-electron chi connectivity index (χ0n) is 19.6. The first kappa shape index (κ1) is 23.9. The maximum absolute atomic E-state index is 13.4. The highest BCUT2D eigenvalue weighted by atomic mass is 19.1. The molecule has 2 aliphatic rings. The van der Waals surface area contributed by atoms with Crippen molar-refractivity contribution in [1.82, 2.24) is 9.47 Å². The third-order valence-corrected chi connectivity index (χ3v) is 7.10. The number of likely N-dealkylation sites (tertiary alicyclic amines) is 1. The Labute approximate surface area is 206 Å². The summed E-state index contributed by atoms with van der Waals surface area (Å²) in [5, 5.41) is 13.2. The number of ether oxygens (including phenoxy) is 1. The summed E-state index contributed by atoms with van der Waals surface area (Å²) in [6.45, 7) is -0.336. The minimum atomic E-state index is -0.937. The van der Waals surface area contributed by atoms with Crippen LogP contribution in [0.2, 0.25) is 0 Å². The number of nitrogens with zero attached hydrogens (tertiary/aromatic N) is 2. The fourth-order valence-electron chi connectivity index (χ4n) is 5.55. The maximum atomic E-state index is 13.4. The number of hydrogen-bond donors (Lipinski definition) is 2. The number of pyridine rings is 1. The third kappa shape index (κ3) is 4.00. The molecule has 4 atom stereocenters. The predicted molar refractivity (Wildman–Crippen MR) is 130 cm³/mol. The van der Waals surface area contributed by atoms with E-state index < -0.39 is 35.6 Å². The van der Waals surface area contributed by atoms with Crippen molar-refractivity contribution in [2.45, 2.75) is 18.6 Å². The monoisotopic (exact) mass is 491 g/mol. The molecule has 8 nitrogen and oxygen atoms in total. The molecule has 3 aromatic rings. The lowest BCUT2D eigenvalue weighted by atomic mass is 9.88. The number of carbonyl (C=O) groups is 2. The number of rotatable bonds is 6. The van der Waals surface area contributed by atoms with Gasteiger partial charge in [0.05, 0.1) is 6.04 Å². The first-order valence-corrected chi connectivity index (χ1v) is 11.7. The number of fused-ring (bicyclic) bond motifs is 3. The minimum absolute atomic E-state index is 0.241. The van der Waals surface area contributed by atoms with Crippen LogP contribution in [-0.2, 0) is 20.9 Å². The summed E-state index contributed by atoms with van der Waals surface area (Å²) in [6.07, 6.45) is 0. The van der Waals surface area contributed by atoms with Crippen molar-refractivity contribution in [1.29, 1.82) is 0 Å². The molecule has 0 radical (unpaired) electrons. The summed E-state index contributed by atoms with van der Waals surface area (Å²) in [6, 6.07) is 16.5. The fraction of sp³-hybridized carbons (Fsp3) is 0.296. The molecule has 3 heterocycles. The van der Waals surface area contributed by atoms with Crippen LogP contribution in [0.4, 0.5) is 10.1 Å². The van der Waals surface area contributed by atoms with Gasteiger partial charge in [-0.05, 0) is 42.0 Å². The summed E-state index contributed by atoms with van der Waals surface area (Å²) >= 11 is 0. The van der Waals surface area contributed by atoms with E-state index >= 15 is 0 Å². The highest BCUT2D eigenvalue weighted by Crippen LogP contribution is 2.49. The number of nitrogens with one attached hydrogen (secondary N) is 1. The Kier molecular flexibility index (Phi) is 6.42. The second kappa shape index (κ2) is 9.67. The number of halogens is 1. The fourth-order valence-corrected chi connectivity index (χ4v) is 5.55. The van der Waals surface area contributed by atoms with Gasteiger partial charge in [0.2, 0.25) is 11.8 Å². The standard InChI is InChI=1S/C27H26FN3O5/c1-36-15-23(33)31-24-20(21(14-32)25(31)26(34)29-18-5-3-2-4-6-18)13-30-22(24)12-11-19(27(30)35)16-7-9-17(28)10-8-16/h2-12,20-21,24-25,32H,13-15H2,1H3,(H,29,34)/t20-,21-,24+,25-/m1/s1. The van der Waals surface area contributed by atoms with Gasteiger partial charge >= 0.3 is 0 Å². The van der Waals surface area contributed by atoms with Crippen molar-refractivity contribution in [3.63, 3.8) is 0 Å². The predicted octanol–water partition coefficient (Wildman–Crippen LogP) is 2.43. The Balaban J connectivity index is 1.55. The topological polar surface area (TPSA) is 101 Å². The Morgan fingerprint density at radius 3 is 2.47 bits per heavy atom. The van der Waals surface area contributed by atoms with Gasteiger partial charge in [0.25, 0.3) is 5.56 Å². The van der Waals surface area contributed by atoms with E-state index in [2.05, 4.69) is 5.32 Å². The van der Waals surface area contributed by atoms with Crippen LogP contribution >= 0.6 is 0 Å². The van der Waals surface area contributed by atoms with Crippen molar-refractivity contribution >= 4 is 17.5 Å². The number of hydrogen-bond acceptors (Lipinski definition) is 5. The number of amides is 2. The molecule has 0 bridgehead atoms. The molecule has 9 heteroatoms. The van der Waals surface area contributed by atoms with E-state index in [1.165, 1.54) is 24.1 Å². The highest BCUT2D eigenvalue weighted by molar-refractivity contribution is 5.98. The lowest BCUT2D eigenvalue weighted by Gasteiger charge is -2.31. The molecule has 1 saturated heterocycles. The van der Waals surface area contributed by atoms with E-state index in [1.807, 2.05) is 6.07 Å². The van der Waals surface area contributed by atoms with Crippen LogP contribution in [0.15, 0.2) is 71.5 Å². The molecule has 0 aliphatic carbocycles. The molecule has 2 aliphatic heterocycles. The molecule has 0 saturated carbocycles. The lowest BCUT2D eigenvalue weighted by molar-refractivity contribution is -0.143. The second-order valence-electron chi connectivity index (χ2n) is 9.08. The van der Waals surface area contributed by atoms with E-state index in [-0.39, 0.29) is 31.2 Å². The first-order valence-electron chi connectivity index (χ1n) is 11.7. The third-order valence-electron chi connectivity index (χ3n) is 7.10. The van der Waals surface area contributed by atoms with E-state index in [0.717, 1.165) is 0 Å². The van der Waals surface area contributed by atoms with E-state index in [4.69, 9.17) is 4.74 Å².